The van der Waals surface area contributed by atoms with E-state index in [-0.39, 0.29) is 24.3 Å². The van der Waals surface area contributed by atoms with Crippen molar-refractivity contribution < 1.29 is 19.1 Å². The largest absolute Gasteiger partial charge is 0.466 e. The fourth-order valence-electron chi connectivity index (χ4n) is 1.74. The predicted molar refractivity (Wildman–Crippen MR) is 87.8 cm³/mol. The molecule has 0 aromatic heterocycles. The molecular weight excluding hydrogens is 282 g/mol. The Hall–Kier alpha value is -1.26. The number of alkyl carbamates (subject to hydrolysis) is 1. The number of rotatable bonds is 11. The molecule has 5 nitrogen and oxygen atoms in total. The number of hydrogen-bond donors (Lipinski definition) is 1. The van der Waals surface area contributed by atoms with Gasteiger partial charge in [0.25, 0.3) is 0 Å². The van der Waals surface area contributed by atoms with Gasteiger partial charge in [-0.1, -0.05) is 59.8 Å². The lowest BCUT2D eigenvalue weighted by atomic mass is 9.99. The third-order valence-electron chi connectivity index (χ3n) is 3.00. The maximum absolute atomic E-state index is 11.5. The highest BCUT2D eigenvalue weighted by atomic mass is 16.5. The third-order valence-corrected chi connectivity index (χ3v) is 3.00. The van der Waals surface area contributed by atoms with Crippen LogP contribution in [0.2, 0.25) is 0 Å². The highest BCUT2D eigenvalue weighted by Crippen LogP contribution is 2.12. The zero-order chi connectivity index (χ0) is 16.8. The van der Waals surface area contributed by atoms with Gasteiger partial charge in [-0.3, -0.25) is 4.79 Å². The number of carbonyl (C=O) groups excluding carboxylic acids is 2. The first-order valence-electron chi connectivity index (χ1n) is 8.41. The Kier molecular flexibility index (Phi) is 11.6. The lowest BCUT2D eigenvalue weighted by molar-refractivity contribution is -0.143. The standard InChI is InChI=1S/C17H33NO4/c1-5-6-7-8-9-10-13-21-15(19)11-12-18-16(20)22-14-17(2,3)4/h5-14H2,1-4H3,(H,18,20). The molecule has 1 amide bonds. The predicted octanol–water partition coefficient (Wildman–Crippen LogP) is 4.05. The summed E-state index contributed by atoms with van der Waals surface area (Å²) < 4.78 is 10.1. The van der Waals surface area contributed by atoms with Crippen LogP contribution in [0.5, 0.6) is 0 Å². The molecule has 0 rings (SSSR count). The van der Waals surface area contributed by atoms with E-state index in [1.165, 1.54) is 25.7 Å². The molecule has 0 spiro atoms. The average molecular weight is 315 g/mol. The minimum absolute atomic E-state index is 0.0621. The summed E-state index contributed by atoms with van der Waals surface area (Å²) in [7, 11) is 0. The number of nitrogens with one attached hydrogen (secondary N) is 1. The Balaban J connectivity index is 3.44. The normalized spacial score (nSPS) is 11.1. The Labute approximate surface area is 135 Å². The Morgan fingerprint density at radius 2 is 1.59 bits per heavy atom. The number of unbranched alkanes of at least 4 members (excludes halogenated alkanes) is 5. The molecular formula is C17H33NO4. The number of carbonyl (C=O) groups is 2. The molecule has 0 atom stereocenters. The monoisotopic (exact) mass is 315 g/mol. The van der Waals surface area contributed by atoms with Gasteiger partial charge in [0, 0.05) is 6.54 Å². The lowest BCUT2D eigenvalue weighted by Crippen LogP contribution is -2.30. The highest BCUT2D eigenvalue weighted by molar-refractivity contribution is 5.71. The van der Waals surface area contributed by atoms with E-state index in [2.05, 4.69) is 12.2 Å². The summed E-state index contributed by atoms with van der Waals surface area (Å²) >= 11 is 0. The zero-order valence-corrected chi connectivity index (χ0v) is 14.7. The molecule has 0 aromatic rings. The molecule has 130 valence electrons. The number of hydrogen-bond acceptors (Lipinski definition) is 4. The van der Waals surface area contributed by atoms with Gasteiger partial charge < -0.3 is 14.8 Å². The van der Waals surface area contributed by atoms with Crippen molar-refractivity contribution in [3.05, 3.63) is 0 Å². The summed E-state index contributed by atoms with van der Waals surface area (Å²) in [6, 6.07) is 0. The van der Waals surface area contributed by atoms with Crippen molar-refractivity contribution in [3.8, 4) is 0 Å². The zero-order valence-electron chi connectivity index (χ0n) is 14.7. The van der Waals surface area contributed by atoms with Gasteiger partial charge >= 0.3 is 12.1 Å². The van der Waals surface area contributed by atoms with Crippen molar-refractivity contribution in [2.45, 2.75) is 72.6 Å². The molecule has 0 heterocycles. The Morgan fingerprint density at radius 1 is 0.955 bits per heavy atom. The van der Waals surface area contributed by atoms with Crippen molar-refractivity contribution in [1.29, 1.82) is 0 Å². The number of ether oxygens (including phenoxy) is 2. The fraction of sp³-hybridized carbons (Fsp3) is 0.882. The molecule has 0 unspecified atom stereocenters. The third kappa shape index (κ3) is 15.1. The van der Waals surface area contributed by atoms with Crippen LogP contribution in [-0.4, -0.2) is 31.8 Å². The van der Waals surface area contributed by atoms with E-state index in [0.717, 1.165) is 12.8 Å². The van der Waals surface area contributed by atoms with Crippen molar-refractivity contribution in [2.24, 2.45) is 5.41 Å². The van der Waals surface area contributed by atoms with Crippen LogP contribution < -0.4 is 5.32 Å². The smallest absolute Gasteiger partial charge is 0.407 e. The summed E-state index contributed by atoms with van der Waals surface area (Å²) in [5.74, 6) is -0.273. The Morgan fingerprint density at radius 3 is 2.23 bits per heavy atom. The fourth-order valence-corrected chi connectivity index (χ4v) is 1.74. The lowest BCUT2D eigenvalue weighted by Gasteiger charge is -2.17. The highest BCUT2D eigenvalue weighted by Gasteiger charge is 2.13. The van der Waals surface area contributed by atoms with Crippen molar-refractivity contribution >= 4 is 12.1 Å². The first-order valence-corrected chi connectivity index (χ1v) is 8.41. The van der Waals surface area contributed by atoms with Gasteiger partial charge in [-0.15, -0.1) is 0 Å². The van der Waals surface area contributed by atoms with Crippen molar-refractivity contribution in [3.63, 3.8) is 0 Å². The maximum atomic E-state index is 11.5. The molecule has 0 saturated carbocycles. The molecule has 0 aliphatic carbocycles. The van der Waals surface area contributed by atoms with Crippen LogP contribution >= 0.6 is 0 Å². The van der Waals surface area contributed by atoms with Gasteiger partial charge in [0.05, 0.1) is 19.6 Å². The van der Waals surface area contributed by atoms with E-state index >= 15 is 0 Å². The Bertz CT molecular complexity index is 310. The first kappa shape index (κ1) is 20.7. The van der Waals surface area contributed by atoms with E-state index < -0.39 is 6.09 Å². The average Bonchev–Trinajstić information content (AvgIpc) is 2.43. The second kappa shape index (κ2) is 12.3. The molecule has 0 aliphatic rings. The minimum atomic E-state index is -0.487. The van der Waals surface area contributed by atoms with E-state index in [4.69, 9.17) is 9.47 Å². The van der Waals surface area contributed by atoms with Gasteiger partial charge in [-0.2, -0.15) is 0 Å². The summed E-state index contributed by atoms with van der Waals surface area (Å²) in [5.41, 5.74) is -0.0621. The van der Waals surface area contributed by atoms with Crippen LogP contribution in [0.3, 0.4) is 0 Å². The quantitative estimate of drug-likeness (QED) is 0.461. The topological polar surface area (TPSA) is 64.6 Å². The van der Waals surface area contributed by atoms with E-state index in [1.54, 1.807) is 0 Å². The molecule has 0 saturated heterocycles. The summed E-state index contributed by atoms with van der Waals surface area (Å²) in [6.07, 6.45) is 6.68. The molecule has 1 N–H and O–H groups in total. The molecule has 0 fully saturated rings. The number of amides is 1. The maximum Gasteiger partial charge on any atom is 0.407 e. The summed E-state index contributed by atoms with van der Waals surface area (Å²) in [4.78, 5) is 22.8. The minimum Gasteiger partial charge on any atom is -0.466 e. The van der Waals surface area contributed by atoms with Crippen LogP contribution in [0.4, 0.5) is 4.79 Å². The van der Waals surface area contributed by atoms with Crippen LogP contribution in [0.15, 0.2) is 0 Å². The molecule has 5 heteroatoms. The van der Waals surface area contributed by atoms with Crippen LogP contribution in [-0.2, 0) is 14.3 Å². The first-order chi connectivity index (χ1) is 10.3. The molecule has 0 radical (unpaired) electrons. The van der Waals surface area contributed by atoms with Crippen molar-refractivity contribution in [1.82, 2.24) is 5.32 Å². The molecule has 0 bridgehead atoms. The van der Waals surface area contributed by atoms with Crippen LogP contribution in [0.25, 0.3) is 0 Å². The van der Waals surface area contributed by atoms with Gasteiger partial charge in [0.2, 0.25) is 0 Å². The van der Waals surface area contributed by atoms with Gasteiger partial charge in [-0.25, -0.2) is 4.79 Å². The van der Waals surface area contributed by atoms with Gasteiger partial charge in [0.1, 0.15) is 0 Å². The second-order valence-corrected chi connectivity index (χ2v) is 6.80. The number of esters is 1. The van der Waals surface area contributed by atoms with Crippen LogP contribution in [0.1, 0.15) is 72.6 Å². The molecule has 0 aliphatic heterocycles. The SMILES string of the molecule is CCCCCCCCOC(=O)CCNC(=O)OCC(C)(C)C. The summed E-state index contributed by atoms with van der Waals surface area (Å²) in [5, 5.41) is 2.55. The van der Waals surface area contributed by atoms with Gasteiger partial charge in [-0.05, 0) is 11.8 Å². The summed E-state index contributed by atoms with van der Waals surface area (Å²) in [6.45, 7) is 9.22. The van der Waals surface area contributed by atoms with Crippen molar-refractivity contribution in [2.75, 3.05) is 19.8 Å². The second-order valence-electron chi connectivity index (χ2n) is 6.80. The van der Waals surface area contributed by atoms with Gasteiger partial charge in [0.15, 0.2) is 0 Å². The van der Waals surface area contributed by atoms with E-state index in [0.29, 0.717) is 13.2 Å². The van der Waals surface area contributed by atoms with Crippen LogP contribution in [0, 0.1) is 5.41 Å². The van der Waals surface area contributed by atoms with E-state index in [9.17, 15) is 9.59 Å². The van der Waals surface area contributed by atoms with E-state index in [1.807, 2.05) is 20.8 Å². The molecule has 22 heavy (non-hydrogen) atoms. The molecule has 0 aromatic carbocycles.